The van der Waals surface area contributed by atoms with Crippen LogP contribution >= 0.6 is 0 Å². The van der Waals surface area contributed by atoms with Gasteiger partial charge in [-0.3, -0.25) is 14.9 Å². The van der Waals surface area contributed by atoms with Gasteiger partial charge in [-0.25, -0.2) is 0 Å². The molecule has 0 spiro atoms. The first kappa shape index (κ1) is 14.3. The van der Waals surface area contributed by atoms with Crippen LogP contribution in [0.25, 0.3) is 0 Å². The number of hydrogen-bond acceptors (Lipinski definition) is 5. The van der Waals surface area contributed by atoms with Gasteiger partial charge in [0.25, 0.3) is 0 Å². The van der Waals surface area contributed by atoms with Gasteiger partial charge in [0.1, 0.15) is 6.04 Å². The minimum atomic E-state index is -0.535. The Morgan fingerprint density at radius 3 is 2.56 bits per heavy atom. The van der Waals surface area contributed by atoms with E-state index in [2.05, 4.69) is 10.1 Å². The molecular weight excluding hydrogens is 232 g/mol. The molecule has 0 radical (unpaired) electrons. The number of ketones is 1. The number of rotatable bonds is 7. The van der Waals surface area contributed by atoms with Crippen molar-refractivity contribution in [3.05, 3.63) is 35.9 Å². The molecule has 18 heavy (non-hydrogen) atoms. The van der Waals surface area contributed by atoms with Crippen molar-refractivity contribution in [1.29, 1.82) is 0 Å². The van der Waals surface area contributed by atoms with Crippen molar-refractivity contribution >= 4 is 11.8 Å². The summed E-state index contributed by atoms with van der Waals surface area (Å²) < 4.78 is 4.63. The number of benzene rings is 1. The molecule has 0 amide bonds. The van der Waals surface area contributed by atoms with E-state index in [1.54, 1.807) is 24.3 Å². The molecule has 1 aromatic rings. The third-order valence-electron chi connectivity index (χ3n) is 2.55. The third kappa shape index (κ3) is 4.27. The molecule has 1 atom stereocenters. The van der Waals surface area contributed by atoms with E-state index in [0.29, 0.717) is 18.5 Å². The summed E-state index contributed by atoms with van der Waals surface area (Å²) in [6.45, 7) is 0.441. The minimum Gasteiger partial charge on any atom is -0.468 e. The van der Waals surface area contributed by atoms with Crippen molar-refractivity contribution in [2.45, 2.75) is 12.5 Å². The summed E-state index contributed by atoms with van der Waals surface area (Å²) >= 11 is 0. The van der Waals surface area contributed by atoms with Crippen molar-refractivity contribution in [2.75, 3.05) is 20.2 Å². The lowest BCUT2D eigenvalue weighted by atomic mass is 10.1. The highest BCUT2D eigenvalue weighted by molar-refractivity contribution is 5.97. The Balaban J connectivity index is 2.52. The lowest BCUT2D eigenvalue weighted by molar-refractivity contribution is -0.143. The van der Waals surface area contributed by atoms with Crippen LogP contribution in [0.15, 0.2) is 30.3 Å². The molecular formula is C13H18N2O3. The third-order valence-corrected chi connectivity index (χ3v) is 2.55. The summed E-state index contributed by atoms with van der Waals surface area (Å²) in [5.74, 6) is -0.470. The number of carbonyl (C=O) groups excluding carboxylic acids is 2. The smallest absolute Gasteiger partial charge is 0.322 e. The van der Waals surface area contributed by atoms with Crippen LogP contribution in [-0.2, 0) is 9.53 Å². The van der Waals surface area contributed by atoms with E-state index >= 15 is 0 Å². The Bertz CT molecular complexity index is 392. The maximum Gasteiger partial charge on any atom is 0.322 e. The maximum atomic E-state index is 11.8. The molecule has 5 nitrogen and oxygen atoms in total. The van der Waals surface area contributed by atoms with Crippen LogP contribution in [0.1, 0.15) is 16.8 Å². The van der Waals surface area contributed by atoms with E-state index in [1.165, 1.54) is 7.11 Å². The molecule has 1 rings (SSSR count). The van der Waals surface area contributed by atoms with Gasteiger partial charge in [0.2, 0.25) is 0 Å². The molecule has 1 aromatic carbocycles. The summed E-state index contributed by atoms with van der Waals surface area (Å²) in [4.78, 5) is 23.2. The topological polar surface area (TPSA) is 81.4 Å². The van der Waals surface area contributed by atoms with Crippen LogP contribution in [0.4, 0.5) is 0 Å². The predicted octanol–water partition coefficient (Wildman–Crippen LogP) is 0.349. The van der Waals surface area contributed by atoms with Crippen molar-refractivity contribution < 1.29 is 14.3 Å². The number of nitrogens with two attached hydrogens (primary N) is 1. The number of hydrogen-bond donors (Lipinski definition) is 2. The van der Waals surface area contributed by atoms with Crippen LogP contribution < -0.4 is 11.1 Å². The first-order valence-electron chi connectivity index (χ1n) is 5.78. The Morgan fingerprint density at radius 2 is 2.00 bits per heavy atom. The zero-order valence-corrected chi connectivity index (χ0v) is 10.4. The fourth-order valence-electron chi connectivity index (χ4n) is 1.55. The van der Waals surface area contributed by atoms with Gasteiger partial charge < -0.3 is 10.5 Å². The molecule has 0 heterocycles. The molecule has 1 unspecified atom stereocenters. The van der Waals surface area contributed by atoms with E-state index in [-0.39, 0.29) is 12.3 Å². The SMILES string of the molecule is COC(=O)C(CCN)NCC(=O)c1ccccc1. The molecule has 0 aliphatic heterocycles. The second-order valence-electron chi connectivity index (χ2n) is 3.82. The number of ether oxygens (including phenoxy) is 1. The summed E-state index contributed by atoms with van der Waals surface area (Å²) in [5.41, 5.74) is 6.02. The fraction of sp³-hybridized carbons (Fsp3) is 0.385. The minimum absolute atomic E-state index is 0.0680. The Morgan fingerprint density at radius 1 is 1.33 bits per heavy atom. The maximum absolute atomic E-state index is 11.8. The number of nitrogens with one attached hydrogen (secondary N) is 1. The zero-order valence-electron chi connectivity index (χ0n) is 10.4. The predicted molar refractivity (Wildman–Crippen MR) is 68.3 cm³/mol. The molecule has 5 heteroatoms. The summed E-state index contributed by atoms with van der Waals surface area (Å²) in [5, 5.41) is 2.87. The first-order valence-corrected chi connectivity index (χ1v) is 5.78. The quantitative estimate of drug-likeness (QED) is 0.539. The van der Waals surface area contributed by atoms with Crippen LogP contribution in [0.2, 0.25) is 0 Å². The number of Topliss-reactive ketones (excluding diaryl/α,β-unsaturated/α-hetero) is 1. The number of carbonyl (C=O) groups is 2. The molecule has 0 aliphatic rings. The van der Waals surface area contributed by atoms with Crippen molar-refractivity contribution in [2.24, 2.45) is 5.73 Å². The largest absolute Gasteiger partial charge is 0.468 e. The molecule has 0 aromatic heterocycles. The zero-order chi connectivity index (χ0) is 13.4. The van der Waals surface area contributed by atoms with Gasteiger partial charge in [0.15, 0.2) is 5.78 Å². The number of methoxy groups -OCH3 is 1. The van der Waals surface area contributed by atoms with Crippen LogP contribution in [-0.4, -0.2) is 38.0 Å². The summed E-state index contributed by atoms with van der Waals surface area (Å²) in [6.07, 6.45) is 0.439. The molecule has 0 saturated heterocycles. The van der Waals surface area contributed by atoms with Crippen LogP contribution in [0.5, 0.6) is 0 Å². The van der Waals surface area contributed by atoms with Gasteiger partial charge in [-0.15, -0.1) is 0 Å². The lowest BCUT2D eigenvalue weighted by Crippen LogP contribution is -2.41. The standard InChI is InChI=1S/C13H18N2O3/c1-18-13(17)11(7-8-14)15-9-12(16)10-5-3-2-4-6-10/h2-6,11,15H,7-9,14H2,1H3. The molecule has 0 bridgehead atoms. The number of esters is 1. The monoisotopic (exact) mass is 250 g/mol. The average molecular weight is 250 g/mol. The second kappa shape index (κ2) is 7.58. The average Bonchev–Trinajstić information content (AvgIpc) is 2.43. The van der Waals surface area contributed by atoms with Gasteiger partial charge in [0.05, 0.1) is 13.7 Å². The van der Waals surface area contributed by atoms with Crippen molar-refractivity contribution in [3.8, 4) is 0 Å². The first-order chi connectivity index (χ1) is 8.69. The Kier molecular flexibility index (Phi) is 6.04. The van der Waals surface area contributed by atoms with Gasteiger partial charge in [-0.2, -0.15) is 0 Å². The van der Waals surface area contributed by atoms with Gasteiger partial charge in [-0.1, -0.05) is 30.3 Å². The van der Waals surface area contributed by atoms with E-state index in [4.69, 9.17) is 5.73 Å². The van der Waals surface area contributed by atoms with E-state index in [1.807, 2.05) is 6.07 Å². The van der Waals surface area contributed by atoms with Gasteiger partial charge in [0, 0.05) is 5.56 Å². The van der Waals surface area contributed by atoms with Crippen molar-refractivity contribution in [1.82, 2.24) is 5.32 Å². The highest BCUT2D eigenvalue weighted by Crippen LogP contribution is 2.00. The highest BCUT2D eigenvalue weighted by Gasteiger charge is 2.18. The molecule has 0 fully saturated rings. The van der Waals surface area contributed by atoms with E-state index in [0.717, 1.165) is 0 Å². The molecule has 0 aliphatic carbocycles. The normalized spacial score (nSPS) is 11.9. The Labute approximate surface area is 106 Å². The second-order valence-corrected chi connectivity index (χ2v) is 3.82. The van der Waals surface area contributed by atoms with Crippen molar-refractivity contribution in [3.63, 3.8) is 0 Å². The van der Waals surface area contributed by atoms with Crippen LogP contribution in [0, 0.1) is 0 Å². The van der Waals surface area contributed by atoms with E-state index in [9.17, 15) is 9.59 Å². The summed E-state index contributed by atoms with van der Waals surface area (Å²) in [7, 11) is 1.31. The molecule has 98 valence electrons. The Hall–Kier alpha value is -1.72. The fourth-order valence-corrected chi connectivity index (χ4v) is 1.55. The van der Waals surface area contributed by atoms with Gasteiger partial charge >= 0.3 is 5.97 Å². The molecule has 0 saturated carbocycles. The van der Waals surface area contributed by atoms with Gasteiger partial charge in [-0.05, 0) is 13.0 Å². The van der Waals surface area contributed by atoms with E-state index < -0.39 is 12.0 Å². The summed E-state index contributed by atoms with van der Waals surface area (Å²) in [6, 6.07) is 8.37. The highest BCUT2D eigenvalue weighted by atomic mass is 16.5. The lowest BCUT2D eigenvalue weighted by Gasteiger charge is -2.14. The molecule has 3 N–H and O–H groups in total. The van der Waals surface area contributed by atoms with Crippen LogP contribution in [0.3, 0.4) is 0 Å².